The fourth-order valence-corrected chi connectivity index (χ4v) is 2.30. The highest BCUT2D eigenvalue weighted by Gasteiger charge is 2.29. The van der Waals surface area contributed by atoms with Crippen molar-refractivity contribution in [2.45, 2.75) is 39.4 Å². The van der Waals surface area contributed by atoms with Crippen LogP contribution in [0.4, 0.5) is 13.2 Å². The average molecular weight is 328 g/mol. The molecule has 2 rings (SSSR count). The maximum atomic E-state index is 12.5. The second-order valence-electron chi connectivity index (χ2n) is 5.82. The van der Waals surface area contributed by atoms with Gasteiger partial charge >= 0.3 is 6.18 Å². The van der Waals surface area contributed by atoms with E-state index in [2.05, 4.69) is 10.1 Å². The van der Waals surface area contributed by atoms with E-state index in [1.165, 1.54) is 13.2 Å². The molecule has 1 amide bonds. The van der Waals surface area contributed by atoms with Gasteiger partial charge in [-0.25, -0.2) is 9.67 Å². The van der Waals surface area contributed by atoms with Crippen LogP contribution in [-0.2, 0) is 0 Å². The summed E-state index contributed by atoms with van der Waals surface area (Å²) in [5.74, 6) is -0.465. The van der Waals surface area contributed by atoms with Gasteiger partial charge in [0.1, 0.15) is 0 Å². The van der Waals surface area contributed by atoms with Gasteiger partial charge in [0.15, 0.2) is 5.65 Å². The number of alkyl halides is 3. The second kappa shape index (κ2) is 6.17. The van der Waals surface area contributed by atoms with Gasteiger partial charge in [-0.2, -0.15) is 18.3 Å². The van der Waals surface area contributed by atoms with Gasteiger partial charge in [0.25, 0.3) is 5.91 Å². The van der Waals surface area contributed by atoms with Crippen molar-refractivity contribution < 1.29 is 18.0 Å². The van der Waals surface area contributed by atoms with Crippen molar-refractivity contribution in [2.75, 3.05) is 13.6 Å². The van der Waals surface area contributed by atoms with Crippen molar-refractivity contribution in [3.8, 4) is 0 Å². The predicted molar refractivity (Wildman–Crippen MR) is 80.3 cm³/mol. The summed E-state index contributed by atoms with van der Waals surface area (Å²) < 4.78 is 38.7. The minimum Gasteiger partial charge on any atom is -0.341 e. The first kappa shape index (κ1) is 17.2. The van der Waals surface area contributed by atoms with Crippen LogP contribution in [0.1, 0.15) is 42.4 Å². The van der Waals surface area contributed by atoms with E-state index in [0.29, 0.717) is 22.3 Å². The molecule has 126 valence electrons. The number of aromatic nitrogens is 3. The number of halogens is 3. The molecular weight excluding hydrogens is 309 g/mol. The summed E-state index contributed by atoms with van der Waals surface area (Å²) in [4.78, 5) is 18.0. The van der Waals surface area contributed by atoms with Crippen LogP contribution in [0.2, 0.25) is 0 Å². The van der Waals surface area contributed by atoms with Crippen LogP contribution in [0.3, 0.4) is 0 Å². The van der Waals surface area contributed by atoms with Gasteiger partial charge in [-0.05, 0) is 26.8 Å². The highest BCUT2D eigenvalue weighted by Crippen LogP contribution is 2.23. The number of aryl methyl sites for hydroxylation is 1. The quantitative estimate of drug-likeness (QED) is 0.865. The molecule has 0 aliphatic rings. The third kappa shape index (κ3) is 3.80. The van der Waals surface area contributed by atoms with Crippen LogP contribution in [0.5, 0.6) is 0 Å². The second-order valence-corrected chi connectivity index (χ2v) is 5.82. The number of pyridine rings is 1. The Kier molecular flexibility index (Phi) is 4.63. The van der Waals surface area contributed by atoms with Crippen LogP contribution in [0, 0.1) is 6.92 Å². The molecule has 0 aliphatic heterocycles. The summed E-state index contributed by atoms with van der Waals surface area (Å²) in [6.07, 6.45) is -3.79. The van der Waals surface area contributed by atoms with Crippen LogP contribution in [0.15, 0.2) is 12.3 Å². The number of carbonyl (C=O) groups excluding carboxylic acids is 1. The molecule has 0 saturated heterocycles. The zero-order valence-corrected chi connectivity index (χ0v) is 13.5. The maximum absolute atomic E-state index is 12.5. The Labute approximate surface area is 132 Å². The van der Waals surface area contributed by atoms with Gasteiger partial charge in [-0.3, -0.25) is 4.79 Å². The molecular formula is C15H19F3N4O. The lowest BCUT2D eigenvalue weighted by Gasteiger charge is -2.19. The van der Waals surface area contributed by atoms with Gasteiger partial charge in [0.2, 0.25) is 0 Å². The zero-order chi connectivity index (χ0) is 17.4. The molecule has 8 heteroatoms. The fourth-order valence-electron chi connectivity index (χ4n) is 2.30. The molecule has 0 saturated carbocycles. The first-order valence-corrected chi connectivity index (χ1v) is 7.27. The Hall–Kier alpha value is -2.12. The Morgan fingerprint density at radius 1 is 1.39 bits per heavy atom. The first-order chi connectivity index (χ1) is 10.6. The standard InChI is InChI=1S/C15H19F3N4O/c1-9(2)22-13-12(8-19-22)11(7-10(3)20-13)14(23)21(4)6-5-15(16,17)18/h7-9H,5-6H2,1-4H3. The monoisotopic (exact) mass is 328 g/mol. The number of carbonyl (C=O) groups is 1. The van der Waals surface area contributed by atoms with Crippen molar-refractivity contribution in [1.29, 1.82) is 0 Å². The van der Waals surface area contributed by atoms with E-state index >= 15 is 0 Å². The Morgan fingerprint density at radius 3 is 2.61 bits per heavy atom. The minimum atomic E-state index is -4.29. The van der Waals surface area contributed by atoms with E-state index in [9.17, 15) is 18.0 Å². The van der Waals surface area contributed by atoms with Crippen LogP contribution >= 0.6 is 0 Å². The Morgan fingerprint density at radius 2 is 2.04 bits per heavy atom. The molecule has 0 fully saturated rings. The van der Waals surface area contributed by atoms with Crippen molar-refractivity contribution in [1.82, 2.24) is 19.7 Å². The van der Waals surface area contributed by atoms with E-state index in [1.807, 2.05) is 13.8 Å². The summed E-state index contributed by atoms with van der Waals surface area (Å²) in [7, 11) is 1.36. The summed E-state index contributed by atoms with van der Waals surface area (Å²) in [5.41, 5.74) is 1.50. The molecule has 0 spiro atoms. The van der Waals surface area contributed by atoms with Gasteiger partial charge in [-0.15, -0.1) is 0 Å². The lowest BCUT2D eigenvalue weighted by Crippen LogP contribution is -2.30. The molecule has 0 aliphatic carbocycles. The molecule has 0 bridgehead atoms. The summed E-state index contributed by atoms with van der Waals surface area (Å²) in [6.45, 7) is 5.23. The largest absolute Gasteiger partial charge is 0.390 e. The van der Waals surface area contributed by atoms with Crippen LogP contribution in [0.25, 0.3) is 11.0 Å². The third-order valence-electron chi connectivity index (χ3n) is 3.49. The SMILES string of the molecule is Cc1cc(C(=O)N(C)CCC(F)(F)F)c2cnn(C(C)C)c2n1. The van der Waals surface area contributed by atoms with Crippen molar-refractivity contribution >= 4 is 16.9 Å². The summed E-state index contributed by atoms with van der Waals surface area (Å²) >= 11 is 0. The Balaban J connectivity index is 2.37. The zero-order valence-electron chi connectivity index (χ0n) is 13.5. The molecule has 2 heterocycles. The third-order valence-corrected chi connectivity index (χ3v) is 3.49. The fraction of sp³-hybridized carbons (Fsp3) is 0.533. The molecule has 0 unspecified atom stereocenters. The number of rotatable bonds is 4. The van der Waals surface area contributed by atoms with Gasteiger partial charge in [0, 0.05) is 25.3 Å². The van der Waals surface area contributed by atoms with Crippen molar-refractivity contribution in [3.63, 3.8) is 0 Å². The number of amides is 1. The van der Waals surface area contributed by atoms with E-state index in [1.54, 1.807) is 17.7 Å². The number of hydrogen-bond donors (Lipinski definition) is 0. The maximum Gasteiger partial charge on any atom is 0.390 e. The lowest BCUT2D eigenvalue weighted by molar-refractivity contribution is -0.136. The normalized spacial score (nSPS) is 12.2. The molecule has 5 nitrogen and oxygen atoms in total. The van der Waals surface area contributed by atoms with E-state index in [0.717, 1.165) is 4.90 Å². The lowest BCUT2D eigenvalue weighted by atomic mass is 10.1. The summed E-state index contributed by atoms with van der Waals surface area (Å²) in [5, 5.41) is 4.78. The van der Waals surface area contributed by atoms with Gasteiger partial charge in [0.05, 0.1) is 23.6 Å². The van der Waals surface area contributed by atoms with E-state index in [-0.39, 0.29) is 12.6 Å². The molecule has 23 heavy (non-hydrogen) atoms. The van der Waals surface area contributed by atoms with Crippen LogP contribution < -0.4 is 0 Å². The van der Waals surface area contributed by atoms with Gasteiger partial charge < -0.3 is 4.90 Å². The molecule has 2 aromatic rings. The number of nitrogens with zero attached hydrogens (tertiary/aromatic N) is 4. The van der Waals surface area contributed by atoms with Crippen molar-refractivity contribution in [2.24, 2.45) is 0 Å². The van der Waals surface area contributed by atoms with Crippen molar-refractivity contribution in [3.05, 3.63) is 23.5 Å². The average Bonchev–Trinajstić information content (AvgIpc) is 2.85. The predicted octanol–water partition coefficient (Wildman–Crippen LogP) is 3.35. The number of fused-ring (bicyclic) bond motifs is 1. The highest BCUT2D eigenvalue weighted by molar-refractivity contribution is 6.05. The molecule has 0 N–H and O–H groups in total. The smallest absolute Gasteiger partial charge is 0.341 e. The summed E-state index contributed by atoms with van der Waals surface area (Å²) in [6, 6.07) is 1.65. The minimum absolute atomic E-state index is 0.0627. The molecule has 0 atom stereocenters. The Bertz CT molecular complexity index is 721. The van der Waals surface area contributed by atoms with Crippen LogP contribution in [-0.4, -0.2) is 45.3 Å². The van der Waals surface area contributed by atoms with E-state index < -0.39 is 18.5 Å². The highest BCUT2D eigenvalue weighted by atomic mass is 19.4. The molecule has 2 aromatic heterocycles. The topological polar surface area (TPSA) is 51.0 Å². The molecule has 0 aromatic carbocycles. The van der Waals surface area contributed by atoms with Gasteiger partial charge in [-0.1, -0.05) is 0 Å². The molecule has 0 radical (unpaired) electrons. The number of hydrogen-bond acceptors (Lipinski definition) is 3. The van der Waals surface area contributed by atoms with E-state index in [4.69, 9.17) is 0 Å². The first-order valence-electron chi connectivity index (χ1n) is 7.27.